The minimum absolute atomic E-state index is 0.591. The summed E-state index contributed by atoms with van der Waals surface area (Å²) < 4.78 is 1.97. The summed E-state index contributed by atoms with van der Waals surface area (Å²) in [6.07, 6.45) is 1.73. The summed E-state index contributed by atoms with van der Waals surface area (Å²) >= 11 is 6.21. The normalized spacial score (nSPS) is 11.0. The van der Waals surface area contributed by atoms with E-state index in [0.29, 0.717) is 16.4 Å². The molecule has 0 spiro atoms. The molecule has 5 heteroatoms. The molecule has 18 heavy (non-hydrogen) atoms. The maximum atomic E-state index is 6.21. The Kier molecular flexibility index (Phi) is 2.45. The molecule has 0 fully saturated rings. The number of anilines is 1. The van der Waals surface area contributed by atoms with E-state index < -0.39 is 0 Å². The van der Waals surface area contributed by atoms with Gasteiger partial charge in [-0.3, -0.25) is 0 Å². The number of nitrogen functional groups attached to an aromatic ring is 1. The summed E-state index contributed by atoms with van der Waals surface area (Å²) in [7, 11) is 1.94. The summed E-state index contributed by atoms with van der Waals surface area (Å²) in [6, 6.07) is 9.28. The minimum atomic E-state index is 0.591. The Bertz CT molecular complexity index is 733. The standard InChI is InChI=1S/C13H11ClN4/c1-18-11-3-2-6-16-12(11)17-13(18)9-5-4-8(15)7-10(9)14/h2-7H,15H2,1H3. The fraction of sp³-hybridized carbons (Fsp3) is 0.0769. The number of rotatable bonds is 1. The van der Waals surface area contributed by atoms with Gasteiger partial charge in [-0.25, -0.2) is 9.97 Å². The van der Waals surface area contributed by atoms with Crippen molar-refractivity contribution in [3.8, 4) is 11.4 Å². The Morgan fingerprint density at radius 1 is 1.28 bits per heavy atom. The summed E-state index contributed by atoms with van der Waals surface area (Å²) in [5.41, 5.74) is 8.87. The molecule has 0 aliphatic rings. The van der Waals surface area contributed by atoms with Gasteiger partial charge in [-0.05, 0) is 30.3 Å². The quantitative estimate of drug-likeness (QED) is 0.683. The first-order chi connectivity index (χ1) is 8.66. The molecule has 0 atom stereocenters. The average molecular weight is 259 g/mol. The highest BCUT2D eigenvalue weighted by Crippen LogP contribution is 2.30. The highest BCUT2D eigenvalue weighted by atomic mass is 35.5. The van der Waals surface area contributed by atoms with Crippen molar-refractivity contribution in [1.82, 2.24) is 14.5 Å². The van der Waals surface area contributed by atoms with E-state index in [4.69, 9.17) is 17.3 Å². The molecule has 4 nitrogen and oxygen atoms in total. The molecule has 1 aromatic carbocycles. The molecule has 0 amide bonds. The molecule has 0 saturated heterocycles. The van der Waals surface area contributed by atoms with Crippen molar-refractivity contribution >= 4 is 28.5 Å². The van der Waals surface area contributed by atoms with E-state index in [-0.39, 0.29) is 0 Å². The monoisotopic (exact) mass is 258 g/mol. The van der Waals surface area contributed by atoms with Gasteiger partial charge in [-0.1, -0.05) is 11.6 Å². The Hall–Kier alpha value is -2.07. The number of hydrogen-bond donors (Lipinski definition) is 1. The number of aromatic nitrogens is 3. The zero-order chi connectivity index (χ0) is 12.7. The third-order valence-electron chi connectivity index (χ3n) is 2.89. The molecule has 0 saturated carbocycles. The Morgan fingerprint density at radius 3 is 2.83 bits per heavy atom. The largest absolute Gasteiger partial charge is 0.399 e. The number of halogens is 1. The van der Waals surface area contributed by atoms with Gasteiger partial charge in [0.05, 0.1) is 10.5 Å². The van der Waals surface area contributed by atoms with E-state index in [9.17, 15) is 0 Å². The number of nitrogens with two attached hydrogens (primary N) is 1. The molecular weight excluding hydrogens is 248 g/mol. The molecule has 0 unspecified atom stereocenters. The number of pyridine rings is 1. The van der Waals surface area contributed by atoms with E-state index in [1.54, 1.807) is 12.3 Å². The van der Waals surface area contributed by atoms with Gasteiger partial charge in [0.25, 0.3) is 0 Å². The van der Waals surface area contributed by atoms with Crippen molar-refractivity contribution in [3.05, 3.63) is 41.6 Å². The lowest BCUT2D eigenvalue weighted by atomic mass is 10.2. The van der Waals surface area contributed by atoms with Crippen LogP contribution in [0, 0.1) is 0 Å². The van der Waals surface area contributed by atoms with Gasteiger partial charge < -0.3 is 10.3 Å². The zero-order valence-electron chi connectivity index (χ0n) is 9.76. The first-order valence-corrected chi connectivity index (χ1v) is 5.87. The SMILES string of the molecule is Cn1c(-c2ccc(N)cc2Cl)nc2ncccc21. The molecule has 0 aliphatic heterocycles. The van der Waals surface area contributed by atoms with Gasteiger partial charge in [-0.2, -0.15) is 0 Å². The lowest BCUT2D eigenvalue weighted by Gasteiger charge is -2.05. The summed E-state index contributed by atoms with van der Waals surface area (Å²) in [6.45, 7) is 0. The average Bonchev–Trinajstić information content (AvgIpc) is 2.68. The minimum Gasteiger partial charge on any atom is -0.399 e. The Morgan fingerprint density at radius 2 is 2.11 bits per heavy atom. The van der Waals surface area contributed by atoms with E-state index >= 15 is 0 Å². The van der Waals surface area contributed by atoms with Gasteiger partial charge in [-0.15, -0.1) is 0 Å². The third-order valence-corrected chi connectivity index (χ3v) is 3.20. The summed E-state index contributed by atoms with van der Waals surface area (Å²) in [4.78, 5) is 8.74. The van der Waals surface area contributed by atoms with Gasteiger partial charge in [0, 0.05) is 24.5 Å². The van der Waals surface area contributed by atoms with Crippen LogP contribution in [-0.4, -0.2) is 14.5 Å². The zero-order valence-corrected chi connectivity index (χ0v) is 10.5. The first kappa shape index (κ1) is 11.0. The topological polar surface area (TPSA) is 56.7 Å². The van der Waals surface area contributed by atoms with Crippen molar-refractivity contribution in [1.29, 1.82) is 0 Å². The molecule has 2 aromatic heterocycles. The van der Waals surface area contributed by atoms with E-state index in [0.717, 1.165) is 16.9 Å². The highest BCUT2D eigenvalue weighted by Gasteiger charge is 2.12. The van der Waals surface area contributed by atoms with Crippen molar-refractivity contribution in [3.63, 3.8) is 0 Å². The van der Waals surface area contributed by atoms with Crippen molar-refractivity contribution in [2.45, 2.75) is 0 Å². The van der Waals surface area contributed by atoms with E-state index in [1.165, 1.54) is 0 Å². The lowest BCUT2D eigenvalue weighted by molar-refractivity contribution is 0.959. The number of nitrogens with zero attached hydrogens (tertiary/aromatic N) is 3. The molecule has 0 aliphatic carbocycles. The van der Waals surface area contributed by atoms with Crippen LogP contribution in [0.3, 0.4) is 0 Å². The fourth-order valence-electron chi connectivity index (χ4n) is 1.98. The van der Waals surface area contributed by atoms with E-state index in [1.807, 2.05) is 35.9 Å². The number of fused-ring (bicyclic) bond motifs is 1. The van der Waals surface area contributed by atoms with Crippen LogP contribution in [0.25, 0.3) is 22.6 Å². The van der Waals surface area contributed by atoms with Crippen LogP contribution in [0.1, 0.15) is 0 Å². The third kappa shape index (κ3) is 1.62. The highest BCUT2D eigenvalue weighted by molar-refractivity contribution is 6.33. The molecule has 90 valence electrons. The Labute approximate surface area is 109 Å². The van der Waals surface area contributed by atoms with Gasteiger partial charge in [0.1, 0.15) is 5.82 Å². The first-order valence-electron chi connectivity index (χ1n) is 5.49. The number of hydrogen-bond acceptors (Lipinski definition) is 3. The molecule has 2 heterocycles. The molecular formula is C13H11ClN4. The Balaban J connectivity index is 2.28. The van der Waals surface area contributed by atoms with Crippen LogP contribution in [-0.2, 0) is 7.05 Å². The number of benzene rings is 1. The van der Waals surface area contributed by atoms with Crippen molar-refractivity contribution < 1.29 is 0 Å². The predicted molar refractivity (Wildman–Crippen MR) is 73.4 cm³/mol. The fourth-order valence-corrected chi connectivity index (χ4v) is 2.25. The maximum Gasteiger partial charge on any atom is 0.178 e. The van der Waals surface area contributed by atoms with Crippen LogP contribution >= 0.6 is 11.6 Å². The number of imidazole rings is 1. The van der Waals surface area contributed by atoms with Crippen LogP contribution in [0.15, 0.2) is 36.5 Å². The summed E-state index contributed by atoms with van der Waals surface area (Å²) in [5, 5.41) is 0.591. The van der Waals surface area contributed by atoms with Crippen molar-refractivity contribution in [2.24, 2.45) is 7.05 Å². The van der Waals surface area contributed by atoms with Gasteiger partial charge in [0.15, 0.2) is 5.65 Å². The molecule has 0 bridgehead atoms. The second kappa shape index (κ2) is 3.99. The van der Waals surface area contributed by atoms with Gasteiger partial charge in [0.2, 0.25) is 0 Å². The van der Waals surface area contributed by atoms with Crippen LogP contribution in [0.2, 0.25) is 5.02 Å². The van der Waals surface area contributed by atoms with Crippen molar-refractivity contribution in [2.75, 3.05) is 5.73 Å². The predicted octanol–water partition coefficient (Wildman–Crippen LogP) is 2.87. The maximum absolute atomic E-state index is 6.21. The number of aryl methyl sites for hydroxylation is 1. The molecule has 0 radical (unpaired) electrons. The van der Waals surface area contributed by atoms with Crippen LogP contribution in [0.5, 0.6) is 0 Å². The van der Waals surface area contributed by atoms with E-state index in [2.05, 4.69) is 9.97 Å². The smallest absolute Gasteiger partial charge is 0.178 e. The van der Waals surface area contributed by atoms with Gasteiger partial charge >= 0.3 is 0 Å². The second-order valence-corrected chi connectivity index (χ2v) is 4.49. The van der Waals surface area contributed by atoms with Crippen LogP contribution < -0.4 is 5.73 Å². The van der Waals surface area contributed by atoms with Crippen LogP contribution in [0.4, 0.5) is 5.69 Å². The lowest BCUT2D eigenvalue weighted by Crippen LogP contribution is -1.94. The summed E-state index contributed by atoms with van der Waals surface area (Å²) in [5.74, 6) is 0.786. The second-order valence-electron chi connectivity index (χ2n) is 4.08. The molecule has 2 N–H and O–H groups in total. The molecule has 3 rings (SSSR count). The molecule has 3 aromatic rings.